The van der Waals surface area contributed by atoms with Crippen LogP contribution in [0.25, 0.3) is 11.3 Å². The quantitative estimate of drug-likeness (QED) is 0.510. The van der Waals surface area contributed by atoms with Gasteiger partial charge in [-0.2, -0.15) is 5.10 Å². The number of thiazole rings is 1. The summed E-state index contributed by atoms with van der Waals surface area (Å²) in [5, 5.41) is 6.90. The van der Waals surface area contributed by atoms with Crippen LogP contribution in [0.5, 0.6) is 11.5 Å². The van der Waals surface area contributed by atoms with Crippen LogP contribution < -0.4 is 14.3 Å². The number of aromatic nitrogens is 1. The van der Waals surface area contributed by atoms with Gasteiger partial charge in [-0.1, -0.05) is 45.0 Å². The fourth-order valence-corrected chi connectivity index (χ4v) is 4.29. The van der Waals surface area contributed by atoms with Crippen molar-refractivity contribution in [1.29, 1.82) is 0 Å². The molecule has 0 atom stereocenters. The van der Waals surface area contributed by atoms with E-state index in [9.17, 15) is 0 Å². The number of benzene rings is 2. The number of hydrogen-bond acceptors (Lipinski definition) is 5. The molecule has 0 amide bonds. The van der Waals surface area contributed by atoms with Gasteiger partial charge in [-0.3, -0.25) is 4.99 Å². The van der Waals surface area contributed by atoms with E-state index in [1.165, 1.54) is 5.56 Å². The van der Waals surface area contributed by atoms with E-state index in [2.05, 4.69) is 64.3 Å². The second-order valence-corrected chi connectivity index (χ2v) is 9.75. The summed E-state index contributed by atoms with van der Waals surface area (Å²) < 4.78 is 13.3. The molecule has 4 rings (SSSR count). The smallest absolute Gasteiger partial charge is 0.206 e. The van der Waals surface area contributed by atoms with Crippen molar-refractivity contribution in [2.45, 2.75) is 46.1 Å². The molecular formula is C25H29N3O2S. The van der Waals surface area contributed by atoms with Gasteiger partial charge in [0, 0.05) is 17.0 Å². The largest absolute Gasteiger partial charge is 0.486 e. The zero-order valence-corrected chi connectivity index (χ0v) is 19.6. The van der Waals surface area contributed by atoms with Crippen LogP contribution in [0, 0.1) is 0 Å². The average Bonchev–Trinajstić information content (AvgIpc) is 3.13. The number of hydrogen-bond donors (Lipinski definition) is 0. The van der Waals surface area contributed by atoms with Crippen LogP contribution in [0.15, 0.2) is 57.9 Å². The lowest BCUT2D eigenvalue weighted by Crippen LogP contribution is -2.16. The first-order chi connectivity index (χ1) is 14.8. The minimum atomic E-state index is 0.131. The molecule has 3 aromatic rings. The van der Waals surface area contributed by atoms with Crippen LogP contribution in [-0.2, 0) is 5.41 Å². The highest BCUT2D eigenvalue weighted by atomic mass is 32.1. The zero-order valence-electron chi connectivity index (χ0n) is 18.8. The Morgan fingerprint density at radius 1 is 1.00 bits per heavy atom. The van der Waals surface area contributed by atoms with Crippen LogP contribution in [0.4, 0.5) is 0 Å². The highest BCUT2D eigenvalue weighted by Gasteiger charge is 2.15. The number of nitrogens with zero attached hydrogens (tertiary/aromatic N) is 3. The van der Waals surface area contributed by atoms with Gasteiger partial charge in [-0.25, -0.2) is 4.68 Å². The van der Waals surface area contributed by atoms with Crippen molar-refractivity contribution in [3.63, 3.8) is 0 Å². The maximum absolute atomic E-state index is 5.77. The minimum absolute atomic E-state index is 0.131. The van der Waals surface area contributed by atoms with Crippen LogP contribution >= 0.6 is 11.3 Å². The summed E-state index contributed by atoms with van der Waals surface area (Å²) in [7, 11) is 0. The molecule has 0 saturated carbocycles. The molecule has 1 aliphatic rings. The van der Waals surface area contributed by atoms with Crippen molar-refractivity contribution in [1.82, 2.24) is 4.68 Å². The Kier molecular flexibility index (Phi) is 6.01. The number of ether oxygens (including phenoxy) is 2. The lowest BCUT2D eigenvalue weighted by molar-refractivity contribution is 0.171. The van der Waals surface area contributed by atoms with Crippen LogP contribution in [-0.4, -0.2) is 30.1 Å². The van der Waals surface area contributed by atoms with E-state index >= 15 is 0 Å². The van der Waals surface area contributed by atoms with Gasteiger partial charge in [0.2, 0.25) is 4.80 Å². The van der Waals surface area contributed by atoms with Crippen LogP contribution in [0.1, 0.15) is 45.7 Å². The molecule has 2 heterocycles. The number of rotatable bonds is 4. The van der Waals surface area contributed by atoms with Gasteiger partial charge >= 0.3 is 0 Å². The van der Waals surface area contributed by atoms with Gasteiger partial charge in [0.25, 0.3) is 0 Å². The highest BCUT2D eigenvalue weighted by Crippen LogP contribution is 2.34. The molecule has 31 heavy (non-hydrogen) atoms. The van der Waals surface area contributed by atoms with Gasteiger partial charge in [-0.05, 0) is 48.6 Å². The molecule has 0 spiro atoms. The Hall–Kier alpha value is -2.86. The first kappa shape index (κ1) is 21.4. The van der Waals surface area contributed by atoms with Crippen molar-refractivity contribution < 1.29 is 9.47 Å². The molecule has 6 heteroatoms. The lowest BCUT2D eigenvalue weighted by atomic mass is 9.87. The summed E-state index contributed by atoms with van der Waals surface area (Å²) in [5.74, 6) is 1.55. The predicted molar refractivity (Wildman–Crippen MR) is 128 cm³/mol. The second-order valence-electron chi connectivity index (χ2n) is 8.91. The predicted octanol–water partition coefficient (Wildman–Crippen LogP) is 5.48. The fraction of sp³-hybridized carbons (Fsp3) is 0.360. The summed E-state index contributed by atoms with van der Waals surface area (Å²) in [4.78, 5) is 5.63. The summed E-state index contributed by atoms with van der Waals surface area (Å²) in [6.07, 6.45) is 1.89. The molecule has 1 aromatic heterocycles. The third kappa shape index (κ3) is 4.90. The topological polar surface area (TPSA) is 48.1 Å². The third-order valence-corrected chi connectivity index (χ3v) is 5.82. The van der Waals surface area contributed by atoms with E-state index in [1.807, 2.05) is 29.1 Å². The lowest BCUT2D eigenvalue weighted by Gasteiger charge is -2.19. The Balaban J connectivity index is 1.72. The molecular weight excluding hydrogens is 406 g/mol. The van der Waals surface area contributed by atoms with Crippen molar-refractivity contribution in [3.05, 3.63) is 63.8 Å². The van der Waals surface area contributed by atoms with E-state index in [-0.39, 0.29) is 11.5 Å². The SMILES string of the molecule is CC(C)N=c1scc(-c2ccc3c(c2)OCCO3)n1N=Cc1ccc(C(C)(C)C)cc1. The summed E-state index contributed by atoms with van der Waals surface area (Å²) in [6, 6.07) is 14.7. The van der Waals surface area contributed by atoms with Gasteiger partial charge in [-0.15, -0.1) is 11.3 Å². The molecule has 0 aliphatic carbocycles. The molecule has 0 saturated heterocycles. The van der Waals surface area contributed by atoms with E-state index in [0.717, 1.165) is 33.1 Å². The Labute approximate surface area is 187 Å². The normalized spacial score (nSPS) is 14.6. The Morgan fingerprint density at radius 3 is 2.39 bits per heavy atom. The van der Waals surface area contributed by atoms with Crippen molar-refractivity contribution >= 4 is 17.6 Å². The van der Waals surface area contributed by atoms with E-state index in [1.54, 1.807) is 11.3 Å². The monoisotopic (exact) mass is 435 g/mol. The van der Waals surface area contributed by atoms with E-state index < -0.39 is 0 Å². The van der Waals surface area contributed by atoms with Crippen molar-refractivity contribution in [3.8, 4) is 22.8 Å². The summed E-state index contributed by atoms with van der Waals surface area (Å²) >= 11 is 1.59. The minimum Gasteiger partial charge on any atom is -0.486 e. The molecule has 0 radical (unpaired) electrons. The molecule has 162 valence electrons. The second kappa shape index (κ2) is 8.71. The van der Waals surface area contributed by atoms with Gasteiger partial charge in [0.15, 0.2) is 11.5 Å². The van der Waals surface area contributed by atoms with Crippen molar-refractivity contribution in [2.75, 3.05) is 13.2 Å². The Morgan fingerprint density at radius 2 is 1.71 bits per heavy atom. The molecule has 0 bridgehead atoms. The maximum atomic E-state index is 5.77. The molecule has 2 aromatic carbocycles. The summed E-state index contributed by atoms with van der Waals surface area (Å²) in [6.45, 7) is 12.0. The number of fused-ring (bicyclic) bond motifs is 1. The first-order valence-electron chi connectivity index (χ1n) is 10.6. The highest BCUT2D eigenvalue weighted by molar-refractivity contribution is 7.07. The maximum Gasteiger partial charge on any atom is 0.206 e. The molecule has 5 nitrogen and oxygen atoms in total. The van der Waals surface area contributed by atoms with Gasteiger partial charge < -0.3 is 9.47 Å². The van der Waals surface area contributed by atoms with Crippen LogP contribution in [0.3, 0.4) is 0 Å². The van der Waals surface area contributed by atoms with E-state index in [4.69, 9.17) is 19.6 Å². The average molecular weight is 436 g/mol. The van der Waals surface area contributed by atoms with Gasteiger partial charge in [0.05, 0.1) is 11.9 Å². The third-order valence-electron chi connectivity index (χ3n) is 4.99. The molecule has 0 fully saturated rings. The summed E-state index contributed by atoms with van der Waals surface area (Å²) in [5.41, 5.74) is 4.48. The molecule has 1 aliphatic heterocycles. The molecule has 0 N–H and O–H groups in total. The van der Waals surface area contributed by atoms with Crippen molar-refractivity contribution in [2.24, 2.45) is 10.1 Å². The van der Waals surface area contributed by atoms with E-state index in [0.29, 0.717) is 13.2 Å². The Bertz CT molecular complexity index is 1150. The van der Waals surface area contributed by atoms with Crippen LogP contribution in [0.2, 0.25) is 0 Å². The standard InChI is InChI=1S/C25H29N3O2S/c1-17(2)27-24-28(26-15-18-6-9-20(10-7-18)25(3,4)5)21(16-31-24)19-8-11-22-23(14-19)30-13-12-29-22/h6-11,14-17H,12-13H2,1-5H3. The zero-order chi connectivity index (χ0) is 22.0. The first-order valence-corrected chi connectivity index (χ1v) is 11.5. The molecule has 0 unspecified atom stereocenters. The fourth-order valence-electron chi connectivity index (χ4n) is 3.32. The van der Waals surface area contributed by atoms with Gasteiger partial charge in [0.1, 0.15) is 13.2 Å².